The van der Waals surface area contributed by atoms with Gasteiger partial charge in [0.1, 0.15) is 6.04 Å². The quantitative estimate of drug-likeness (QED) is 0.742. The molecule has 5 nitrogen and oxygen atoms in total. The van der Waals surface area contributed by atoms with Crippen molar-refractivity contribution in [3.63, 3.8) is 0 Å². The van der Waals surface area contributed by atoms with Crippen molar-refractivity contribution in [1.82, 2.24) is 4.90 Å². The molecule has 2 aliphatic carbocycles. The fraction of sp³-hybridized carbons (Fsp3) is 0.375. The molecule has 3 fully saturated rings. The van der Waals surface area contributed by atoms with Gasteiger partial charge in [-0.3, -0.25) is 19.3 Å². The molecule has 1 N–H and O–H groups in total. The molecule has 1 heterocycles. The normalized spacial score (nSPS) is 28.0. The van der Waals surface area contributed by atoms with Crippen molar-refractivity contribution in [3.8, 4) is 0 Å². The maximum absolute atomic E-state index is 13.3. The van der Waals surface area contributed by atoms with Crippen LogP contribution in [0.3, 0.4) is 0 Å². The Hall–Kier alpha value is -2.66. The fourth-order valence-electron chi connectivity index (χ4n) is 5.67. The van der Waals surface area contributed by atoms with Gasteiger partial charge in [0.05, 0.1) is 11.8 Å². The van der Waals surface area contributed by atoms with Crippen LogP contribution in [0.4, 0.5) is 5.69 Å². The highest BCUT2D eigenvalue weighted by Gasteiger charge is 2.62. The largest absolute Gasteiger partial charge is 0.324 e. The number of nitrogens with zero attached hydrogens (tertiary/aromatic N) is 1. The van der Waals surface area contributed by atoms with Crippen molar-refractivity contribution in [2.45, 2.75) is 31.7 Å². The van der Waals surface area contributed by atoms with Crippen molar-refractivity contribution in [1.29, 1.82) is 0 Å². The molecule has 2 bridgehead atoms. The lowest BCUT2D eigenvalue weighted by molar-refractivity contribution is -0.147. The van der Waals surface area contributed by atoms with Crippen LogP contribution >= 0.6 is 11.6 Å². The van der Waals surface area contributed by atoms with E-state index in [0.717, 1.165) is 24.8 Å². The summed E-state index contributed by atoms with van der Waals surface area (Å²) in [5.74, 6) is -0.611. The third-order valence-corrected chi connectivity index (χ3v) is 7.18. The number of likely N-dealkylation sites (tertiary alicyclic amines) is 1. The molecule has 1 aliphatic heterocycles. The number of carbonyl (C=O) groups is 3. The van der Waals surface area contributed by atoms with Gasteiger partial charge in [0, 0.05) is 17.1 Å². The van der Waals surface area contributed by atoms with Gasteiger partial charge in [0.2, 0.25) is 17.7 Å². The summed E-state index contributed by atoms with van der Waals surface area (Å²) in [6, 6.07) is 15.5. The average molecular weight is 423 g/mol. The number of carbonyl (C=O) groups excluding carboxylic acids is 3. The summed E-state index contributed by atoms with van der Waals surface area (Å²) in [5.41, 5.74) is 1.45. The van der Waals surface area contributed by atoms with Gasteiger partial charge in [0.15, 0.2) is 0 Å². The number of anilines is 1. The van der Waals surface area contributed by atoms with Crippen LogP contribution in [0, 0.1) is 23.7 Å². The summed E-state index contributed by atoms with van der Waals surface area (Å²) in [6.45, 7) is 0. The van der Waals surface area contributed by atoms with E-state index in [9.17, 15) is 14.4 Å². The third kappa shape index (κ3) is 3.21. The number of nitrogens with one attached hydrogen (secondary N) is 1. The average Bonchev–Trinajstić information content (AvgIpc) is 3.41. The van der Waals surface area contributed by atoms with E-state index in [1.807, 2.05) is 30.3 Å². The van der Waals surface area contributed by atoms with Crippen molar-refractivity contribution in [2.75, 3.05) is 5.32 Å². The molecule has 6 heteroatoms. The first-order valence-corrected chi connectivity index (χ1v) is 10.9. The van der Waals surface area contributed by atoms with Crippen molar-refractivity contribution < 1.29 is 14.4 Å². The number of hydrogen-bond donors (Lipinski definition) is 1. The number of imide groups is 1. The Morgan fingerprint density at radius 3 is 2.30 bits per heavy atom. The maximum atomic E-state index is 13.3. The number of halogens is 1. The maximum Gasteiger partial charge on any atom is 0.248 e. The second-order valence-corrected chi connectivity index (χ2v) is 9.07. The number of hydrogen-bond acceptors (Lipinski definition) is 3. The smallest absolute Gasteiger partial charge is 0.248 e. The molecule has 2 aromatic carbocycles. The molecule has 0 aromatic heterocycles. The van der Waals surface area contributed by atoms with Crippen molar-refractivity contribution >= 4 is 35.0 Å². The van der Waals surface area contributed by atoms with Gasteiger partial charge in [0.25, 0.3) is 0 Å². The highest BCUT2D eigenvalue weighted by Crippen LogP contribution is 2.56. The fourth-order valence-corrected chi connectivity index (χ4v) is 5.86. The van der Waals surface area contributed by atoms with Crippen LogP contribution in [0.1, 0.15) is 24.8 Å². The van der Waals surface area contributed by atoms with Crippen LogP contribution in [-0.4, -0.2) is 28.7 Å². The summed E-state index contributed by atoms with van der Waals surface area (Å²) >= 11 is 6.04. The summed E-state index contributed by atoms with van der Waals surface area (Å²) < 4.78 is 0. The number of amides is 3. The lowest BCUT2D eigenvalue weighted by atomic mass is 9.81. The molecule has 5 rings (SSSR count). The van der Waals surface area contributed by atoms with Gasteiger partial charge in [-0.15, -0.1) is 0 Å². The Balaban J connectivity index is 1.46. The van der Waals surface area contributed by atoms with E-state index >= 15 is 0 Å². The molecule has 2 aromatic rings. The predicted octanol–water partition coefficient (Wildman–Crippen LogP) is 3.92. The Bertz CT molecular complexity index is 981. The number of rotatable bonds is 5. The summed E-state index contributed by atoms with van der Waals surface area (Å²) in [6.07, 6.45) is 3.28. The molecule has 3 aliphatic rings. The van der Waals surface area contributed by atoms with Crippen molar-refractivity contribution in [2.24, 2.45) is 23.7 Å². The van der Waals surface area contributed by atoms with Crippen molar-refractivity contribution in [3.05, 3.63) is 65.2 Å². The van der Waals surface area contributed by atoms with E-state index < -0.39 is 6.04 Å². The van der Waals surface area contributed by atoms with Gasteiger partial charge in [-0.25, -0.2) is 0 Å². The van der Waals surface area contributed by atoms with E-state index in [0.29, 0.717) is 17.1 Å². The van der Waals surface area contributed by atoms with Crippen LogP contribution in [0.5, 0.6) is 0 Å². The number of fused-ring (bicyclic) bond motifs is 5. The topological polar surface area (TPSA) is 66.5 Å². The molecular formula is C24H23ClN2O3. The molecule has 154 valence electrons. The second-order valence-electron chi connectivity index (χ2n) is 8.64. The van der Waals surface area contributed by atoms with Crippen LogP contribution in [-0.2, 0) is 20.8 Å². The summed E-state index contributed by atoms with van der Waals surface area (Å²) in [7, 11) is 0. The lowest BCUT2D eigenvalue weighted by Crippen LogP contribution is -2.49. The first-order chi connectivity index (χ1) is 14.5. The number of benzene rings is 2. The molecule has 30 heavy (non-hydrogen) atoms. The van der Waals surface area contributed by atoms with E-state index in [-0.39, 0.29) is 41.4 Å². The zero-order chi connectivity index (χ0) is 20.8. The van der Waals surface area contributed by atoms with Crippen LogP contribution in [0.15, 0.2) is 54.6 Å². The summed E-state index contributed by atoms with van der Waals surface area (Å²) in [5, 5.41) is 3.36. The van der Waals surface area contributed by atoms with E-state index in [2.05, 4.69) is 5.32 Å². The monoisotopic (exact) mass is 422 g/mol. The minimum atomic E-state index is -0.878. The zero-order valence-electron chi connectivity index (χ0n) is 16.5. The Morgan fingerprint density at radius 2 is 1.67 bits per heavy atom. The molecule has 2 saturated carbocycles. The second kappa shape index (κ2) is 7.55. The predicted molar refractivity (Wildman–Crippen MR) is 114 cm³/mol. The van der Waals surface area contributed by atoms with Gasteiger partial charge in [-0.05, 0) is 54.9 Å². The van der Waals surface area contributed by atoms with Gasteiger partial charge >= 0.3 is 0 Å². The van der Waals surface area contributed by atoms with Crippen LogP contribution in [0.25, 0.3) is 0 Å². The summed E-state index contributed by atoms with van der Waals surface area (Å²) in [4.78, 5) is 41.2. The molecule has 0 radical (unpaired) electrons. The Kier molecular flexibility index (Phi) is 4.86. The Labute approximate surface area is 180 Å². The molecule has 3 amide bonds. The van der Waals surface area contributed by atoms with Gasteiger partial charge in [-0.1, -0.05) is 48.0 Å². The van der Waals surface area contributed by atoms with E-state index in [1.165, 1.54) is 4.90 Å². The van der Waals surface area contributed by atoms with Crippen LogP contribution in [0.2, 0.25) is 5.02 Å². The minimum absolute atomic E-state index is 0.167. The van der Waals surface area contributed by atoms with E-state index in [4.69, 9.17) is 11.6 Å². The SMILES string of the molecule is O=C(Nc1cccc(Cl)c1)[C@H](Cc1ccccc1)N1C(=O)[C@@H]2[C@@H]3CC[C@H](C3)[C@@H]2C1=O. The van der Waals surface area contributed by atoms with Crippen LogP contribution < -0.4 is 5.32 Å². The molecular weight excluding hydrogens is 400 g/mol. The molecule has 1 saturated heterocycles. The molecule has 0 unspecified atom stereocenters. The van der Waals surface area contributed by atoms with Gasteiger partial charge < -0.3 is 5.32 Å². The first kappa shape index (κ1) is 19.3. The molecule has 0 spiro atoms. The zero-order valence-corrected chi connectivity index (χ0v) is 17.2. The van der Waals surface area contributed by atoms with E-state index in [1.54, 1.807) is 24.3 Å². The lowest BCUT2D eigenvalue weighted by Gasteiger charge is -2.27. The highest BCUT2D eigenvalue weighted by atomic mass is 35.5. The minimum Gasteiger partial charge on any atom is -0.324 e. The first-order valence-electron chi connectivity index (χ1n) is 10.5. The highest BCUT2D eigenvalue weighted by molar-refractivity contribution is 6.30. The standard InChI is InChI=1S/C24H23ClN2O3/c25-17-7-4-8-18(13-17)26-22(28)19(11-14-5-2-1-3-6-14)27-23(29)20-15-9-10-16(12-15)21(20)24(27)30/h1-8,13,15-16,19-21H,9-12H2,(H,26,28)/t15-,16-,19+,20-,21+/m1/s1. The molecule has 5 atom stereocenters. The Morgan fingerprint density at radius 1 is 1.00 bits per heavy atom. The van der Waals surface area contributed by atoms with Gasteiger partial charge in [-0.2, -0.15) is 0 Å². The third-order valence-electron chi connectivity index (χ3n) is 6.94.